The molecule has 0 spiro atoms. The minimum absolute atomic E-state index is 0.486. The summed E-state index contributed by atoms with van der Waals surface area (Å²) in [5.74, 6) is 0. The Bertz CT molecular complexity index is 213. The van der Waals surface area contributed by atoms with Gasteiger partial charge >= 0.3 is 8.80 Å². The van der Waals surface area contributed by atoms with E-state index in [4.69, 9.17) is 13.3 Å². The van der Waals surface area contributed by atoms with Gasteiger partial charge in [-0.15, -0.1) is 0 Å². The zero-order valence-corrected chi connectivity index (χ0v) is 15.5. The summed E-state index contributed by atoms with van der Waals surface area (Å²) in [4.78, 5) is 0. The summed E-state index contributed by atoms with van der Waals surface area (Å²) >= 11 is 0. The molecule has 0 aliphatic rings. The lowest BCUT2D eigenvalue weighted by atomic mass is 10.1. The van der Waals surface area contributed by atoms with E-state index in [9.17, 15) is 4.39 Å². The van der Waals surface area contributed by atoms with Gasteiger partial charge in [0.15, 0.2) is 0 Å². The quantitative estimate of drug-likeness (QED) is 0.309. The number of unbranched alkanes of at least 4 members (excludes halogenated alkanes) is 4. The highest BCUT2D eigenvalue weighted by Gasteiger charge is 2.40. The summed E-state index contributed by atoms with van der Waals surface area (Å²) in [7, 11) is -2.66. The maximum absolute atomic E-state index is 14.0. The van der Waals surface area contributed by atoms with Crippen molar-refractivity contribution in [2.24, 2.45) is 0 Å². The average Bonchev–Trinajstić information content (AvgIpc) is 2.46. The van der Waals surface area contributed by atoms with Crippen LogP contribution in [0.2, 0.25) is 6.04 Å². The predicted octanol–water partition coefficient (Wildman–Crippen LogP) is 5.12. The first-order valence-corrected chi connectivity index (χ1v) is 10.6. The second-order valence-corrected chi connectivity index (χ2v) is 8.05. The van der Waals surface area contributed by atoms with Crippen LogP contribution in [-0.2, 0) is 13.3 Å². The Morgan fingerprint density at radius 3 is 1.76 bits per heavy atom. The molecule has 21 heavy (non-hydrogen) atoms. The largest absolute Gasteiger partial charge is 0.501 e. The van der Waals surface area contributed by atoms with E-state index >= 15 is 0 Å². The van der Waals surface area contributed by atoms with Gasteiger partial charge in [-0.25, -0.2) is 4.39 Å². The lowest BCUT2D eigenvalue weighted by Gasteiger charge is -2.28. The highest BCUT2D eigenvalue weighted by Crippen LogP contribution is 2.22. The highest BCUT2D eigenvalue weighted by molar-refractivity contribution is 6.60. The number of hydrogen-bond donors (Lipinski definition) is 0. The van der Waals surface area contributed by atoms with Gasteiger partial charge in [-0.3, -0.25) is 0 Å². The fourth-order valence-corrected chi connectivity index (χ4v) is 5.12. The Balaban J connectivity index is 4.08. The maximum atomic E-state index is 14.0. The molecule has 0 amide bonds. The Morgan fingerprint density at radius 2 is 1.29 bits per heavy atom. The molecule has 0 saturated carbocycles. The molecule has 3 nitrogen and oxygen atoms in total. The van der Waals surface area contributed by atoms with Crippen molar-refractivity contribution in [1.82, 2.24) is 0 Å². The minimum Gasteiger partial charge on any atom is -0.374 e. The summed E-state index contributed by atoms with van der Waals surface area (Å²) in [5.41, 5.74) is 0. The molecule has 0 aromatic rings. The number of alkyl halides is 1. The van der Waals surface area contributed by atoms with Crippen LogP contribution in [0.25, 0.3) is 0 Å². The Kier molecular flexibility index (Phi) is 13.7. The summed E-state index contributed by atoms with van der Waals surface area (Å²) in [5, 5.41) is 0. The molecular weight excluding hydrogens is 287 g/mol. The molecule has 0 aliphatic heterocycles. The van der Waals surface area contributed by atoms with Crippen LogP contribution in [0.3, 0.4) is 0 Å². The molecule has 0 aliphatic carbocycles. The van der Waals surface area contributed by atoms with E-state index in [1.54, 1.807) is 0 Å². The van der Waals surface area contributed by atoms with E-state index < -0.39 is 15.0 Å². The van der Waals surface area contributed by atoms with Crippen LogP contribution >= 0.6 is 0 Å². The Morgan fingerprint density at radius 1 is 0.762 bits per heavy atom. The standard InChI is InChI=1S/C16H35FO3Si/c1-5-9-10-11-12-13-16(17)14-15-21(18-6-2,19-7-3)20-8-4/h16H,5-15H2,1-4H3. The van der Waals surface area contributed by atoms with Gasteiger partial charge < -0.3 is 13.3 Å². The van der Waals surface area contributed by atoms with Crippen LogP contribution in [0.1, 0.15) is 72.6 Å². The monoisotopic (exact) mass is 322 g/mol. The molecule has 128 valence electrons. The van der Waals surface area contributed by atoms with Crippen LogP contribution in [-0.4, -0.2) is 34.8 Å². The second-order valence-electron chi connectivity index (χ2n) is 5.32. The van der Waals surface area contributed by atoms with Crippen molar-refractivity contribution >= 4 is 8.80 Å². The van der Waals surface area contributed by atoms with Crippen molar-refractivity contribution in [3.8, 4) is 0 Å². The summed E-state index contributed by atoms with van der Waals surface area (Å²) < 4.78 is 31.3. The van der Waals surface area contributed by atoms with Crippen molar-refractivity contribution in [2.45, 2.75) is 84.9 Å². The first-order valence-electron chi connectivity index (χ1n) is 8.70. The van der Waals surface area contributed by atoms with Gasteiger partial charge in [-0.1, -0.05) is 39.0 Å². The van der Waals surface area contributed by atoms with Crippen LogP contribution in [0.4, 0.5) is 4.39 Å². The van der Waals surface area contributed by atoms with E-state index in [1.165, 1.54) is 19.3 Å². The van der Waals surface area contributed by atoms with Crippen LogP contribution < -0.4 is 0 Å². The third-order valence-electron chi connectivity index (χ3n) is 3.48. The molecule has 0 saturated heterocycles. The predicted molar refractivity (Wildman–Crippen MR) is 88.3 cm³/mol. The molecule has 0 radical (unpaired) electrons. The molecule has 0 rings (SSSR count). The molecule has 1 atom stereocenters. The third kappa shape index (κ3) is 10.4. The number of halogens is 1. The van der Waals surface area contributed by atoms with Crippen molar-refractivity contribution in [3.63, 3.8) is 0 Å². The van der Waals surface area contributed by atoms with Crippen molar-refractivity contribution < 1.29 is 17.7 Å². The zero-order chi connectivity index (χ0) is 16.0. The summed E-state index contributed by atoms with van der Waals surface area (Å²) in [6.45, 7) is 9.65. The molecule has 0 heterocycles. The van der Waals surface area contributed by atoms with Crippen molar-refractivity contribution in [3.05, 3.63) is 0 Å². The van der Waals surface area contributed by atoms with E-state index in [1.807, 2.05) is 20.8 Å². The summed E-state index contributed by atoms with van der Waals surface area (Å²) in [6, 6.07) is 0.582. The third-order valence-corrected chi connectivity index (χ3v) is 6.56. The van der Waals surface area contributed by atoms with Crippen LogP contribution in [0, 0.1) is 0 Å². The molecule has 0 N–H and O–H groups in total. The van der Waals surface area contributed by atoms with Gasteiger partial charge in [-0.2, -0.15) is 0 Å². The van der Waals surface area contributed by atoms with Crippen molar-refractivity contribution in [2.75, 3.05) is 19.8 Å². The van der Waals surface area contributed by atoms with Gasteiger partial charge in [0, 0.05) is 25.9 Å². The maximum Gasteiger partial charge on any atom is 0.501 e. The van der Waals surface area contributed by atoms with Gasteiger partial charge in [0.05, 0.1) is 0 Å². The van der Waals surface area contributed by atoms with Gasteiger partial charge in [0.2, 0.25) is 0 Å². The lowest BCUT2D eigenvalue weighted by Crippen LogP contribution is -2.46. The minimum atomic E-state index is -2.66. The average molecular weight is 323 g/mol. The molecule has 0 aromatic heterocycles. The fraction of sp³-hybridized carbons (Fsp3) is 1.00. The first kappa shape index (κ1) is 21.0. The van der Waals surface area contributed by atoms with Crippen molar-refractivity contribution in [1.29, 1.82) is 0 Å². The fourth-order valence-electron chi connectivity index (χ4n) is 2.45. The lowest BCUT2D eigenvalue weighted by molar-refractivity contribution is 0.0685. The first-order chi connectivity index (χ1) is 10.1. The molecule has 0 fully saturated rings. The van der Waals surface area contributed by atoms with Gasteiger partial charge in [0.1, 0.15) is 6.17 Å². The number of rotatable bonds is 15. The smallest absolute Gasteiger partial charge is 0.374 e. The molecule has 0 bridgehead atoms. The SMILES string of the molecule is CCCCCCCC(F)CC[Si](OCC)(OCC)OCC. The highest BCUT2D eigenvalue weighted by atomic mass is 28.4. The summed E-state index contributed by atoms with van der Waals surface area (Å²) in [6.07, 6.45) is 6.19. The Hall–Kier alpha value is 0.0269. The second kappa shape index (κ2) is 13.7. The zero-order valence-electron chi connectivity index (χ0n) is 14.5. The van der Waals surface area contributed by atoms with Gasteiger partial charge in [-0.05, 0) is 33.6 Å². The Labute approximate surface area is 131 Å². The molecule has 5 heteroatoms. The normalized spacial score (nSPS) is 13.6. The topological polar surface area (TPSA) is 27.7 Å². The number of hydrogen-bond acceptors (Lipinski definition) is 3. The van der Waals surface area contributed by atoms with E-state index in [-0.39, 0.29) is 0 Å². The van der Waals surface area contributed by atoms with E-state index in [2.05, 4.69) is 6.92 Å². The molecule has 0 aromatic carbocycles. The molecular formula is C16H35FO3Si. The van der Waals surface area contributed by atoms with Crippen LogP contribution in [0.5, 0.6) is 0 Å². The van der Waals surface area contributed by atoms with E-state index in [0.29, 0.717) is 38.7 Å². The van der Waals surface area contributed by atoms with Gasteiger partial charge in [0.25, 0.3) is 0 Å². The van der Waals surface area contributed by atoms with Crippen LogP contribution in [0.15, 0.2) is 0 Å². The molecule has 1 unspecified atom stereocenters. The van der Waals surface area contributed by atoms with E-state index in [0.717, 1.165) is 12.8 Å².